The molecule has 0 amide bonds. The molecule has 0 aromatic heterocycles. The van der Waals surface area contributed by atoms with E-state index in [0.29, 0.717) is 6.07 Å². The summed E-state index contributed by atoms with van der Waals surface area (Å²) in [6.07, 6.45) is -0.185. The van der Waals surface area contributed by atoms with Crippen LogP contribution >= 0.6 is 0 Å². The molecule has 0 radical (unpaired) electrons. The largest absolute Gasteiger partial charge is 0.466 e. The van der Waals surface area contributed by atoms with Crippen LogP contribution in [-0.4, -0.2) is 27.0 Å². The van der Waals surface area contributed by atoms with Crippen molar-refractivity contribution in [2.24, 2.45) is 0 Å². The summed E-state index contributed by atoms with van der Waals surface area (Å²) in [6.45, 7) is 3.25. The fourth-order valence-corrected chi connectivity index (χ4v) is 2.84. The van der Waals surface area contributed by atoms with E-state index in [0.717, 1.165) is 12.1 Å². The zero-order valence-electron chi connectivity index (χ0n) is 11.0. The zero-order valence-corrected chi connectivity index (χ0v) is 11.8. The van der Waals surface area contributed by atoms with Crippen molar-refractivity contribution in [2.45, 2.75) is 31.2 Å². The Balaban J connectivity index is 2.82. The van der Waals surface area contributed by atoms with Crippen LogP contribution in [0.15, 0.2) is 23.1 Å². The molecule has 1 unspecified atom stereocenters. The summed E-state index contributed by atoms with van der Waals surface area (Å²) in [5, 5.41) is 0. The lowest BCUT2D eigenvalue weighted by Crippen LogP contribution is -2.35. The molecule has 0 saturated carbocycles. The van der Waals surface area contributed by atoms with E-state index in [1.165, 1.54) is 6.92 Å². The second kappa shape index (κ2) is 6.76. The van der Waals surface area contributed by atoms with Gasteiger partial charge >= 0.3 is 5.97 Å². The Morgan fingerprint density at radius 3 is 2.60 bits per heavy atom. The average molecular weight is 307 g/mol. The fraction of sp³-hybridized carbons (Fsp3) is 0.417. The molecule has 0 aliphatic rings. The Morgan fingerprint density at radius 2 is 2.05 bits per heavy atom. The lowest BCUT2D eigenvalue weighted by Gasteiger charge is -2.13. The first-order valence-electron chi connectivity index (χ1n) is 5.89. The number of carbonyl (C=O) groups is 1. The summed E-state index contributed by atoms with van der Waals surface area (Å²) in [5.41, 5.74) is 0. The molecule has 5 nitrogen and oxygen atoms in total. The van der Waals surface area contributed by atoms with Crippen molar-refractivity contribution in [3.8, 4) is 0 Å². The minimum atomic E-state index is -4.17. The fourth-order valence-electron chi connectivity index (χ4n) is 1.53. The lowest BCUT2D eigenvalue weighted by atomic mass is 10.3. The van der Waals surface area contributed by atoms with Crippen LogP contribution in [-0.2, 0) is 19.6 Å². The van der Waals surface area contributed by atoms with E-state index >= 15 is 0 Å². The molecule has 1 rings (SSSR count). The molecule has 1 N–H and O–H groups in total. The van der Waals surface area contributed by atoms with E-state index < -0.39 is 38.6 Å². The van der Waals surface area contributed by atoms with Gasteiger partial charge in [0.25, 0.3) is 0 Å². The maximum Gasteiger partial charge on any atom is 0.307 e. The topological polar surface area (TPSA) is 72.5 Å². The Morgan fingerprint density at radius 1 is 1.40 bits per heavy atom. The van der Waals surface area contributed by atoms with Crippen molar-refractivity contribution in [1.82, 2.24) is 4.72 Å². The summed E-state index contributed by atoms with van der Waals surface area (Å²) < 4.78 is 56.8. The molecule has 0 heterocycles. The molecule has 0 bridgehead atoms. The number of hydrogen-bond donors (Lipinski definition) is 1. The molecule has 0 saturated heterocycles. The standard InChI is InChI=1S/C12H15F2NO4S/c1-3-19-12(16)6-8(2)15-20(17,18)11-5-4-9(13)7-10(11)14/h4-5,7-8,15H,3,6H2,1-2H3. The molecule has 1 aromatic carbocycles. The number of nitrogens with one attached hydrogen (secondary N) is 1. The van der Waals surface area contributed by atoms with Gasteiger partial charge in [-0.05, 0) is 26.0 Å². The second-order valence-corrected chi connectivity index (χ2v) is 5.79. The van der Waals surface area contributed by atoms with Gasteiger partial charge in [0.15, 0.2) is 0 Å². The van der Waals surface area contributed by atoms with Crippen LogP contribution in [0.1, 0.15) is 20.3 Å². The number of ether oxygens (including phenoxy) is 1. The maximum absolute atomic E-state index is 13.4. The highest BCUT2D eigenvalue weighted by Gasteiger charge is 2.23. The van der Waals surface area contributed by atoms with E-state index in [-0.39, 0.29) is 13.0 Å². The molecule has 20 heavy (non-hydrogen) atoms. The first-order valence-corrected chi connectivity index (χ1v) is 7.37. The number of rotatable bonds is 6. The molecule has 0 spiro atoms. The minimum Gasteiger partial charge on any atom is -0.466 e. The third-order valence-electron chi connectivity index (χ3n) is 2.32. The summed E-state index contributed by atoms with van der Waals surface area (Å²) in [6, 6.07) is 1.37. The number of halogens is 2. The van der Waals surface area contributed by atoms with Crippen LogP contribution in [0, 0.1) is 11.6 Å². The van der Waals surface area contributed by atoms with Crippen molar-refractivity contribution in [3.05, 3.63) is 29.8 Å². The first-order chi connectivity index (χ1) is 9.26. The molecule has 1 atom stereocenters. The van der Waals surface area contributed by atoms with Gasteiger partial charge in [0, 0.05) is 12.1 Å². The van der Waals surface area contributed by atoms with Gasteiger partial charge in [-0.3, -0.25) is 4.79 Å². The van der Waals surface area contributed by atoms with Crippen LogP contribution in [0.4, 0.5) is 8.78 Å². The number of sulfonamides is 1. The van der Waals surface area contributed by atoms with E-state index in [2.05, 4.69) is 9.46 Å². The van der Waals surface area contributed by atoms with E-state index in [1.54, 1.807) is 6.92 Å². The van der Waals surface area contributed by atoms with Crippen molar-refractivity contribution < 1.29 is 26.7 Å². The third-order valence-corrected chi connectivity index (χ3v) is 3.94. The number of hydrogen-bond acceptors (Lipinski definition) is 4. The molecule has 8 heteroatoms. The van der Waals surface area contributed by atoms with Crippen LogP contribution in [0.25, 0.3) is 0 Å². The lowest BCUT2D eigenvalue weighted by molar-refractivity contribution is -0.143. The smallest absolute Gasteiger partial charge is 0.307 e. The quantitative estimate of drug-likeness (QED) is 0.810. The highest BCUT2D eigenvalue weighted by atomic mass is 32.2. The Hall–Kier alpha value is -1.54. The molecular formula is C12H15F2NO4S. The van der Waals surface area contributed by atoms with Crippen molar-refractivity contribution in [2.75, 3.05) is 6.61 Å². The molecule has 0 aliphatic heterocycles. The summed E-state index contributed by atoms with van der Waals surface area (Å²) >= 11 is 0. The van der Waals surface area contributed by atoms with Gasteiger partial charge in [0.1, 0.15) is 16.5 Å². The predicted molar refractivity (Wildman–Crippen MR) is 67.4 cm³/mol. The Kier molecular flexibility index (Phi) is 5.58. The number of benzene rings is 1. The maximum atomic E-state index is 13.4. The van der Waals surface area contributed by atoms with Gasteiger partial charge in [0.2, 0.25) is 10.0 Å². The first kappa shape index (κ1) is 16.5. The predicted octanol–water partition coefficient (Wildman–Crippen LogP) is 1.58. The van der Waals surface area contributed by atoms with Gasteiger partial charge in [-0.15, -0.1) is 0 Å². The monoisotopic (exact) mass is 307 g/mol. The molecule has 0 fully saturated rings. The van der Waals surface area contributed by atoms with E-state index in [9.17, 15) is 22.0 Å². The molecular weight excluding hydrogens is 292 g/mol. The summed E-state index contributed by atoms with van der Waals surface area (Å²) in [4.78, 5) is 10.5. The van der Waals surface area contributed by atoms with Crippen molar-refractivity contribution in [1.29, 1.82) is 0 Å². The van der Waals surface area contributed by atoms with E-state index in [4.69, 9.17) is 0 Å². The highest BCUT2D eigenvalue weighted by Crippen LogP contribution is 2.16. The van der Waals surface area contributed by atoms with Gasteiger partial charge in [-0.25, -0.2) is 21.9 Å². The third kappa shape index (κ3) is 4.53. The van der Waals surface area contributed by atoms with Gasteiger partial charge in [-0.2, -0.15) is 0 Å². The van der Waals surface area contributed by atoms with E-state index in [1.807, 2.05) is 0 Å². The Bertz CT molecular complexity index is 589. The number of esters is 1. The summed E-state index contributed by atoms with van der Waals surface area (Å²) in [5.74, 6) is -2.64. The van der Waals surface area contributed by atoms with Gasteiger partial charge in [0.05, 0.1) is 13.0 Å². The number of carbonyl (C=O) groups excluding carboxylic acids is 1. The average Bonchev–Trinajstić information content (AvgIpc) is 2.26. The zero-order chi connectivity index (χ0) is 15.3. The van der Waals surface area contributed by atoms with Crippen molar-refractivity contribution >= 4 is 16.0 Å². The SMILES string of the molecule is CCOC(=O)CC(C)NS(=O)(=O)c1ccc(F)cc1F. The van der Waals surface area contributed by atoms with Crippen LogP contribution in [0.3, 0.4) is 0 Å². The highest BCUT2D eigenvalue weighted by molar-refractivity contribution is 7.89. The van der Waals surface area contributed by atoms with Crippen molar-refractivity contribution in [3.63, 3.8) is 0 Å². The van der Waals surface area contributed by atoms with Crippen LogP contribution < -0.4 is 4.72 Å². The van der Waals surface area contributed by atoms with Crippen LogP contribution in [0.2, 0.25) is 0 Å². The molecule has 0 aliphatic carbocycles. The summed E-state index contributed by atoms with van der Waals surface area (Å²) in [7, 11) is -4.17. The van der Waals surface area contributed by atoms with Gasteiger partial charge < -0.3 is 4.74 Å². The second-order valence-electron chi connectivity index (χ2n) is 4.11. The minimum absolute atomic E-state index is 0.185. The molecule has 1 aromatic rings. The van der Waals surface area contributed by atoms with Gasteiger partial charge in [-0.1, -0.05) is 0 Å². The van der Waals surface area contributed by atoms with Crippen LogP contribution in [0.5, 0.6) is 0 Å². The Labute approximate surface area is 116 Å². The normalized spacial score (nSPS) is 13.0. The molecule has 112 valence electrons.